The number of carbonyl (C=O) groups excluding carboxylic acids is 2. The van der Waals surface area contributed by atoms with Gasteiger partial charge in [-0.25, -0.2) is 0 Å². The number of methoxy groups -OCH3 is 2. The van der Waals surface area contributed by atoms with E-state index in [-0.39, 0.29) is 28.7 Å². The van der Waals surface area contributed by atoms with Crippen molar-refractivity contribution in [1.82, 2.24) is 20.8 Å². The Labute approximate surface area is 161 Å². The Morgan fingerprint density at radius 1 is 1.19 bits per heavy atom. The van der Waals surface area contributed by atoms with Crippen LogP contribution in [-0.2, 0) is 9.59 Å². The highest BCUT2D eigenvalue weighted by Crippen LogP contribution is 2.30. The van der Waals surface area contributed by atoms with E-state index in [9.17, 15) is 9.59 Å². The summed E-state index contributed by atoms with van der Waals surface area (Å²) in [6.45, 7) is 3.94. The van der Waals surface area contributed by atoms with Gasteiger partial charge in [0.25, 0.3) is 5.22 Å². The number of benzene rings is 1. The molecule has 27 heavy (non-hydrogen) atoms. The zero-order chi connectivity index (χ0) is 19.8. The van der Waals surface area contributed by atoms with E-state index in [0.717, 1.165) is 11.8 Å². The lowest BCUT2D eigenvalue weighted by molar-refractivity contribution is -0.127. The average molecular weight is 394 g/mol. The van der Waals surface area contributed by atoms with Crippen molar-refractivity contribution < 1.29 is 23.5 Å². The molecule has 0 saturated carbocycles. The molecule has 0 aliphatic rings. The number of hydrogen-bond donors (Lipinski definition) is 2. The van der Waals surface area contributed by atoms with Crippen LogP contribution in [0.3, 0.4) is 0 Å². The fourth-order valence-electron chi connectivity index (χ4n) is 2.12. The first-order chi connectivity index (χ1) is 13.0. The van der Waals surface area contributed by atoms with Gasteiger partial charge >= 0.3 is 0 Å². The molecule has 0 bridgehead atoms. The number of rotatable bonds is 9. The zero-order valence-electron chi connectivity index (χ0n) is 15.6. The smallest absolute Gasteiger partial charge is 0.277 e. The first-order valence-electron chi connectivity index (χ1n) is 8.23. The monoisotopic (exact) mass is 394 g/mol. The number of carbonyl (C=O) groups is 2. The molecule has 0 saturated heterocycles. The van der Waals surface area contributed by atoms with Crippen molar-refractivity contribution >= 4 is 23.6 Å². The lowest BCUT2D eigenvalue weighted by Crippen LogP contribution is -2.45. The molecule has 10 heteroatoms. The molecule has 0 radical (unpaired) electrons. The predicted molar refractivity (Wildman–Crippen MR) is 99.9 cm³/mol. The Hall–Kier alpha value is -2.75. The van der Waals surface area contributed by atoms with Crippen LogP contribution >= 0.6 is 11.8 Å². The van der Waals surface area contributed by atoms with Crippen LogP contribution in [0.2, 0.25) is 0 Å². The van der Waals surface area contributed by atoms with Gasteiger partial charge in [0.2, 0.25) is 17.7 Å². The van der Waals surface area contributed by atoms with Crippen LogP contribution in [0.5, 0.6) is 11.5 Å². The maximum Gasteiger partial charge on any atom is 0.277 e. The minimum absolute atomic E-state index is 0.0484. The van der Waals surface area contributed by atoms with E-state index in [2.05, 4.69) is 20.8 Å². The van der Waals surface area contributed by atoms with Gasteiger partial charge in [-0.05, 0) is 26.0 Å². The van der Waals surface area contributed by atoms with Gasteiger partial charge in [0, 0.05) is 18.2 Å². The fraction of sp³-hybridized carbons (Fsp3) is 0.412. The second-order valence-electron chi connectivity index (χ2n) is 5.45. The van der Waals surface area contributed by atoms with Crippen molar-refractivity contribution in [2.24, 2.45) is 0 Å². The van der Waals surface area contributed by atoms with Gasteiger partial charge in [-0.1, -0.05) is 11.8 Å². The molecule has 2 N–H and O–H groups in total. The van der Waals surface area contributed by atoms with E-state index in [1.165, 1.54) is 0 Å². The summed E-state index contributed by atoms with van der Waals surface area (Å²) in [6.07, 6.45) is 0. The van der Waals surface area contributed by atoms with E-state index in [1.54, 1.807) is 39.3 Å². The summed E-state index contributed by atoms with van der Waals surface area (Å²) < 4.78 is 16.0. The third-order valence-corrected chi connectivity index (χ3v) is 4.27. The predicted octanol–water partition coefficient (Wildman–Crippen LogP) is 1.49. The van der Waals surface area contributed by atoms with Crippen LogP contribution in [0.25, 0.3) is 11.5 Å². The van der Waals surface area contributed by atoms with Gasteiger partial charge in [0.15, 0.2) is 0 Å². The lowest BCUT2D eigenvalue weighted by atomic mass is 10.2. The topological polar surface area (TPSA) is 116 Å². The summed E-state index contributed by atoms with van der Waals surface area (Å²) in [4.78, 5) is 23.6. The third-order valence-electron chi connectivity index (χ3n) is 3.45. The number of hydrogen-bond acceptors (Lipinski definition) is 8. The summed E-state index contributed by atoms with van der Waals surface area (Å²) in [6, 6.07) is 4.60. The van der Waals surface area contributed by atoms with Crippen LogP contribution in [0, 0.1) is 0 Å². The first-order valence-corrected chi connectivity index (χ1v) is 9.22. The Bertz CT molecular complexity index is 773. The standard InChI is InChI=1S/C17H22N4O5S/c1-5-18-15(23)10(2)19-14(22)9-27-17-21-20-16(26-17)11-6-12(24-3)8-13(7-11)25-4/h6-8,10H,5,9H2,1-4H3,(H,18,23)(H,19,22)/t10-/m1/s1. The van der Waals surface area contributed by atoms with Gasteiger partial charge in [-0.2, -0.15) is 0 Å². The first kappa shape index (κ1) is 20.6. The molecule has 1 aromatic heterocycles. The van der Waals surface area contributed by atoms with Crippen molar-refractivity contribution in [2.75, 3.05) is 26.5 Å². The molecule has 2 rings (SSSR count). The van der Waals surface area contributed by atoms with Gasteiger partial charge in [-0.15, -0.1) is 10.2 Å². The normalized spacial score (nSPS) is 11.6. The maximum absolute atomic E-state index is 11.9. The number of likely N-dealkylation sites (N-methyl/N-ethyl adjacent to an activating group) is 1. The quantitative estimate of drug-likeness (QED) is 0.615. The Kier molecular flexibility index (Phi) is 7.47. The highest BCUT2D eigenvalue weighted by molar-refractivity contribution is 7.99. The molecule has 1 aromatic carbocycles. The number of nitrogens with zero attached hydrogens (tertiary/aromatic N) is 2. The minimum Gasteiger partial charge on any atom is -0.497 e. The van der Waals surface area contributed by atoms with E-state index in [4.69, 9.17) is 13.9 Å². The molecule has 2 aromatic rings. The number of aromatic nitrogens is 2. The highest BCUT2D eigenvalue weighted by atomic mass is 32.2. The van der Waals surface area contributed by atoms with E-state index in [1.807, 2.05) is 6.92 Å². The Morgan fingerprint density at radius 2 is 1.85 bits per heavy atom. The van der Waals surface area contributed by atoms with Crippen molar-refractivity contribution in [3.05, 3.63) is 18.2 Å². The summed E-state index contributed by atoms with van der Waals surface area (Å²) in [5.74, 6) is 0.980. The van der Waals surface area contributed by atoms with Gasteiger partial charge in [-0.3, -0.25) is 9.59 Å². The second kappa shape index (κ2) is 9.81. The van der Waals surface area contributed by atoms with Crippen molar-refractivity contribution in [3.63, 3.8) is 0 Å². The molecule has 0 aliphatic carbocycles. The zero-order valence-corrected chi connectivity index (χ0v) is 16.4. The molecular formula is C17H22N4O5S. The van der Waals surface area contributed by atoms with Crippen molar-refractivity contribution in [1.29, 1.82) is 0 Å². The van der Waals surface area contributed by atoms with Crippen molar-refractivity contribution in [2.45, 2.75) is 25.1 Å². The SMILES string of the molecule is CCNC(=O)[C@@H](C)NC(=O)CSc1nnc(-c2cc(OC)cc(OC)c2)o1. The molecule has 1 atom stereocenters. The van der Waals surface area contributed by atoms with E-state index >= 15 is 0 Å². The van der Waals surface area contributed by atoms with Crippen molar-refractivity contribution in [3.8, 4) is 23.0 Å². The number of ether oxygens (including phenoxy) is 2. The van der Waals surface area contributed by atoms with Gasteiger partial charge in [0.05, 0.1) is 20.0 Å². The van der Waals surface area contributed by atoms with Crippen LogP contribution < -0.4 is 20.1 Å². The summed E-state index contributed by atoms with van der Waals surface area (Å²) in [7, 11) is 3.10. The molecule has 0 aliphatic heterocycles. The second-order valence-corrected chi connectivity index (χ2v) is 6.37. The van der Waals surface area contributed by atoms with Crippen LogP contribution in [-0.4, -0.2) is 54.6 Å². The number of nitrogens with one attached hydrogen (secondary N) is 2. The summed E-state index contributed by atoms with van der Waals surface area (Å²) in [5, 5.41) is 13.4. The summed E-state index contributed by atoms with van der Waals surface area (Å²) in [5.41, 5.74) is 0.639. The number of thioether (sulfide) groups is 1. The molecular weight excluding hydrogens is 372 g/mol. The van der Waals surface area contributed by atoms with Gasteiger partial charge < -0.3 is 24.5 Å². The van der Waals surface area contributed by atoms with E-state index in [0.29, 0.717) is 23.6 Å². The molecule has 0 spiro atoms. The molecule has 9 nitrogen and oxygen atoms in total. The van der Waals surface area contributed by atoms with Crippen LogP contribution in [0.1, 0.15) is 13.8 Å². The maximum atomic E-state index is 11.9. The fourth-order valence-corrected chi connectivity index (χ4v) is 2.69. The summed E-state index contributed by atoms with van der Waals surface area (Å²) >= 11 is 1.08. The molecule has 1 heterocycles. The average Bonchev–Trinajstić information content (AvgIpc) is 3.15. The largest absolute Gasteiger partial charge is 0.497 e. The Morgan fingerprint density at radius 3 is 2.44 bits per heavy atom. The molecule has 0 unspecified atom stereocenters. The molecule has 146 valence electrons. The Balaban J connectivity index is 1.96. The third kappa shape index (κ3) is 5.88. The van der Waals surface area contributed by atoms with Crippen LogP contribution in [0.4, 0.5) is 0 Å². The van der Waals surface area contributed by atoms with Gasteiger partial charge in [0.1, 0.15) is 17.5 Å². The molecule has 2 amide bonds. The minimum atomic E-state index is -0.611. The van der Waals surface area contributed by atoms with E-state index < -0.39 is 6.04 Å². The molecule has 0 fully saturated rings. The van der Waals surface area contributed by atoms with Crippen LogP contribution in [0.15, 0.2) is 27.8 Å². The highest BCUT2D eigenvalue weighted by Gasteiger charge is 2.17. The lowest BCUT2D eigenvalue weighted by Gasteiger charge is -2.12. The number of amides is 2.